The molecule has 0 N–H and O–H groups in total. The quantitative estimate of drug-likeness (QED) is 0.451. The minimum Gasteiger partial charge on any atom is -0.371 e. The number of piperidine rings is 2. The van der Waals surface area contributed by atoms with Crippen LogP contribution in [-0.2, 0) is 11.0 Å². The summed E-state index contributed by atoms with van der Waals surface area (Å²) in [6.45, 7) is 9.53. The lowest BCUT2D eigenvalue weighted by Crippen LogP contribution is -2.43. The Kier molecular flexibility index (Phi) is 8.09. The molecule has 4 nitrogen and oxygen atoms in total. The second-order valence-electron chi connectivity index (χ2n) is 12.4. The summed E-state index contributed by atoms with van der Waals surface area (Å²) in [5, 5.41) is 0. The van der Waals surface area contributed by atoms with E-state index in [1.807, 2.05) is 4.90 Å². The lowest BCUT2D eigenvalue weighted by atomic mass is 9.86. The van der Waals surface area contributed by atoms with E-state index in [1.54, 1.807) is 6.07 Å². The third kappa shape index (κ3) is 6.12. The Balaban J connectivity index is 1.21. The molecule has 5 rings (SSSR count). The Morgan fingerprint density at radius 3 is 2.11 bits per heavy atom. The second kappa shape index (κ2) is 11.2. The molecule has 0 aromatic heterocycles. The van der Waals surface area contributed by atoms with Crippen molar-refractivity contribution in [2.24, 2.45) is 17.8 Å². The number of hydrogen-bond acceptors (Lipinski definition) is 3. The number of anilines is 1. The summed E-state index contributed by atoms with van der Waals surface area (Å²) in [6.07, 6.45) is 5.43. The minimum absolute atomic E-state index is 0.105. The van der Waals surface area contributed by atoms with Crippen molar-refractivity contribution in [1.82, 2.24) is 9.80 Å². The monoisotopic (exact) mass is 519 g/mol. The number of carbonyl (C=O) groups excluding carboxylic acids is 1. The average Bonchev–Trinajstić information content (AvgIpc) is 3.39. The third-order valence-electron chi connectivity index (χ3n) is 9.80. The first-order valence-electron chi connectivity index (χ1n) is 14.7. The van der Waals surface area contributed by atoms with Crippen LogP contribution < -0.4 is 4.90 Å². The highest BCUT2D eigenvalue weighted by atomic mass is 19.4. The van der Waals surface area contributed by atoms with Crippen LogP contribution in [0.1, 0.15) is 88.7 Å². The van der Waals surface area contributed by atoms with Crippen molar-refractivity contribution in [1.29, 1.82) is 0 Å². The zero-order valence-electron chi connectivity index (χ0n) is 22.6. The zero-order valence-corrected chi connectivity index (χ0v) is 22.6. The van der Waals surface area contributed by atoms with Crippen molar-refractivity contribution in [3.05, 3.63) is 29.3 Å². The van der Waals surface area contributed by atoms with E-state index in [1.165, 1.54) is 37.8 Å². The summed E-state index contributed by atoms with van der Waals surface area (Å²) in [5.41, 5.74) is 1.24. The lowest BCUT2D eigenvalue weighted by Gasteiger charge is -2.38. The Morgan fingerprint density at radius 2 is 1.46 bits per heavy atom. The number of amides is 1. The van der Waals surface area contributed by atoms with Gasteiger partial charge in [0.1, 0.15) is 0 Å². The Labute approximate surface area is 220 Å². The minimum atomic E-state index is -4.34. The van der Waals surface area contributed by atoms with E-state index >= 15 is 0 Å². The number of alkyl halides is 3. The van der Waals surface area contributed by atoms with Gasteiger partial charge in [-0.05, 0) is 99.8 Å². The number of hydrogen-bond donors (Lipinski definition) is 0. The highest BCUT2D eigenvalue weighted by molar-refractivity contribution is 5.79. The van der Waals surface area contributed by atoms with Gasteiger partial charge >= 0.3 is 6.18 Å². The molecule has 3 heterocycles. The molecule has 0 spiro atoms. The fourth-order valence-corrected chi connectivity index (χ4v) is 7.19. The molecule has 1 unspecified atom stereocenters. The van der Waals surface area contributed by atoms with Crippen LogP contribution in [0, 0.1) is 17.8 Å². The lowest BCUT2D eigenvalue weighted by molar-refractivity contribution is -0.138. The first-order chi connectivity index (χ1) is 17.7. The summed E-state index contributed by atoms with van der Waals surface area (Å²) >= 11 is 0. The molecular formula is C30H44F3N3O. The maximum Gasteiger partial charge on any atom is 0.416 e. The van der Waals surface area contributed by atoms with E-state index in [0.29, 0.717) is 31.0 Å². The summed E-state index contributed by atoms with van der Waals surface area (Å²) < 4.78 is 40.7. The van der Waals surface area contributed by atoms with Crippen LogP contribution in [0.5, 0.6) is 0 Å². The maximum absolute atomic E-state index is 13.6. The zero-order chi connectivity index (χ0) is 26.2. The predicted molar refractivity (Wildman–Crippen MR) is 142 cm³/mol. The highest BCUT2D eigenvalue weighted by Gasteiger charge is 2.38. The molecule has 4 aliphatic rings. The molecule has 37 heavy (non-hydrogen) atoms. The van der Waals surface area contributed by atoms with Crippen LogP contribution in [0.25, 0.3) is 0 Å². The average molecular weight is 520 g/mol. The molecule has 1 saturated carbocycles. The van der Waals surface area contributed by atoms with Crippen LogP contribution in [0.15, 0.2) is 18.2 Å². The van der Waals surface area contributed by atoms with Gasteiger partial charge in [-0.2, -0.15) is 13.2 Å². The number of halogens is 3. The second-order valence-corrected chi connectivity index (χ2v) is 12.4. The van der Waals surface area contributed by atoms with Crippen LogP contribution >= 0.6 is 0 Å². The molecule has 7 heteroatoms. The van der Waals surface area contributed by atoms with Gasteiger partial charge in [-0.3, -0.25) is 9.69 Å². The van der Waals surface area contributed by atoms with Crippen LogP contribution in [0.4, 0.5) is 18.9 Å². The van der Waals surface area contributed by atoms with Gasteiger partial charge in [0, 0.05) is 44.5 Å². The van der Waals surface area contributed by atoms with Gasteiger partial charge in [-0.15, -0.1) is 0 Å². The molecule has 0 bridgehead atoms. The van der Waals surface area contributed by atoms with E-state index in [2.05, 4.69) is 23.6 Å². The van der Waals surface area contributed by atoms with Gasteiger partial charge in [-0.1, -0.05) is 19.9 Å². The van der Waals surface area contributed by atoms with Gasteiger partial charge in [0.15, 0.2) is 0 Å². The SMILES string of the molecule is CC1CCC(N2CCC(C(=O)N3CCC(c4ccc(C(F)(F)F)cc4N4CCC(C)CC4)CC3)C2)CC1. The molecule has 1 aromatic carbocycles. The van der Waals surface area contributed by atoms with Crippen molar-refractivity contribution in [3.63, 3.8) is 0 Å². The number of benzene rings is 1. The fraction of sp³-hybridized carbons (Fsp3) is 0.767. The Morgan fingerprint density at radius 1 is 0.811 bits per heavy atom. The maximum atomic E-state index is 13.6. The molecule has 0 radical (unpaired) electrons. The topological polar surface area (TPSA) is 26.8 Å². The van der Waals surface area contributed by atoms with E-state index < -0.39 is 11.7 Å². The fourth-order valence-electron chi connectivity index (χ4n) is 7.19. The van der Waals surface area contributed by atoms with Gasteiger partial charge < -0.3 is 9.80 Å². The molecule has 3 saturated heterocycles. The van der Waals surface area contributed by atoms with Gasteiger partial charge in [-0.25, -0.2) is 0 Å². The van der Waals surface area contributed by atoms with Gasteiger partial charge in [0.25, 0.3) is 0 Å². The van der Waals surface area contributed by atoms with Crippen LogP contribution in [0.2, 0.25) is 0 Å². The molecule has 3 aliphatic heterocycles. The summed E-state index contributed by atoms with van der Waals surface area (Å²) in [7, 11) is 0. The molecular weight excluding hydrogens is 475 g/mol. The molecule has 1 atom stereocenters. The van der Waals surface area contributed by atoms with Crippen molar-refractivity contribution >= 4 is 11.6 Å². The van der Waals surface area contributed by atoms with Crippen molar-refractivity contribution in [3.8, 4) is 0 Å². The molecule has 4 fully saturated rings. The van der Waals surface area contributed by atoms with Crippen molar-refractivity contribution in [2.45, 2.75) is 89.8 Å². The largest absolute Gasteiger partial charge is 0.416 e. The molecule has 1 aliphatic carbocycles. The first kappa shape index (κ1) is 26.8. The van der Waals surface area contributed by atoms with E-state index in [9.17, 15) is 18.0 Å². The number of nitrogens with zero attached hydrogens (tertiary/aromatic N) is 3. The molecule has 206 valence electrons. The normalized spacial score (nSPS) is 29.2. The van der Waals surface area contributed by atoms with Crippen molar-refractivity contribution < 1.29 is 18.0 Å². The van der Waals surface area contributed by atoms with Crippen LogP contribution in [0.3, 0.4) is 0 Å². The van der Waals surface area contributed by atoms with E-state index in [4.69, 9.17) is 0 Å². The predicted octanol–water partition coefficient (Wildman–Crippen LogP) is 6.55. The number of rotatable bonds is 4. The number of carbonyl (C=O) groups is 1. The third-order valence-corrected chi connectivity index (χ3v) is 9.80. The Hall–Kier alpha value is -1.76. The smallest absolute Gasteiger partial charge is 0.371 e. The molecule has 1 amide bonds. The summed E-state index contributed by atoms with van der Waals surface area (Å²) in [6, 6.07) is 5.00. The van der Waals surface area contributed by atoms with Crippen molar-refractivity contribution in [2.75, 3.05) is 44.2 Å². The van der Waals surface area contributed by atoms with Gasteiger partial charge in [0.05, 0.1) is 11.5 Å². The van der Waals surface area contributed by atoms with Gasteiger partial charge in [0.2, 0.25) is 5.91 Å². The standard InChI is InChI=1S/C30H44F3N3O/c1-21-3-6-26(7-4-21)36-18-13-24(20-36)29(37)35-16-11-23(12-17-35)27-8-5-25(30(31,32)33)19-28(27)34-14-9-22(2)10-15-34/h5,8,19,21-24,26H,3-4,6-7,9-18,20H2,1-2H3. The Bertz CT molecular complexity index is 926. The summed E-state index contributed by atoms with van der Waals surface area (Å²) in [4.78, 5) is 20.2. The van der Waals surface area contributed by atoms with Crippen LogP contribution in [-0.4, -0.2) is 61.0 Å². The number of likely N-dealkylation sites (tertiary alicyclic amines) is 2. The summed E-state index contributed by atoms with van der Waals surface area (Å²) in [5.74, 6) is 2.05. The molecule has 1 aromatic rings. The highest BCUT2D eigenvalue weighted by Crippen LogP contribution is 2.41. The van der Waals surface area contributed by atoms with E-state index in [-0.39, 0.29) is 11.8 Å². The van der Waals surface area contributed by atoms with E-state index in [0.717, 1.165) is 75.5 Å². The first-order valence-corrected chi connectivity index (χ1v) is 14.7.